The van der Waals surface area contributed by atoms with Crippen LogP contribution in [0.2, 0.25) is 0 Å². The monoisotopic (exact) mass is 374 g/mol. The SMILES string of the molecule is CCCC(c1nnnn1C1CCCCC1)N1CCN(C2CCCCC2)CC1. The van der Waals surface area contributed by atoms with Crippen LogP contribution in [0.25, 0.3) is 0 Å². The van der Waals surface area contributed by atoms with Crippen LogP contribution < -0.4 is 0 Å². The van der Waals surface area contributed by atoms with Gasteiger partial charge in [0.15, 0.2) is 5.82 Å². The molecule has 0 N–H and O–H groups in total. The molecule has 0 spiro atoms. The molecule has 2 aliphatic carbocycles. The van der Waals surface area contributed by atoms with Gasteiger partial charge in [0.05, 0.1) is 12.1 Å². The maximum atomic E-state index is 4.54. The normalized spacial score (nSPS) is 25.7. The lowest BCUT2D eigenvalue weighted by molar-refractivity contribution is 0.0491. The first-order chi connectivity index (χ1) is 13.4. The van der Waals surface area contributed by atoms with E-state index in [0.717, 1.165) is 18.3 Å². The standard InChI is InChI=1S/C21H38N6/c1-2-9-20(21-22-23-24-27(21)19-12-7-4-8-13-19)26-16-14-25(15-17-26)18-10-5-3-6-11-18/h18-20H,2-17H2,1H3. The highest BCUT2D eigenvalue weighted by atomic mass is 15.6. The summed E-state index contributed by atoms with van der Waals surface area (Å²) in [5.74, 6) is 1.13. The first-order valence-corrected chi connectivity index (χ1v) is 11.6. The zero-order valence-corrected chi connectivity index (χ0v) is 17.2. The summed E-state index contributed by atoms with van der Waals surface area (Å²) in [6, 6.07) is 1.75. The predicted octanol–water partition coefficient (Wildman–Crippen LogP) is 3.97. The molecule has 6 heteroatoms. The quantitative estimate of drug-likeness (QED) is 0.754. The van der Waals surface area contributed by atoms with Gasteiger partial charge in [0, 0.05) is 32.2 Å². The molecule has 3 aliphatic rings. The fourth-order valence-electron chi connectivity index (χ4n) is 5.61. The van der Waals surface area contributed by atoms with E-state index in [4.69, 9.17) is 0 Å². The molecule has 1 unspecified atom stereocenters. The number of tetrazole rings is 1. The first kappa shape index (κ1) is 19.3. The number of aromatic nitrogens is 4. The molecule has 0 amide bonds. The second-order valence-corrected chi connectivity index (χ2v) is 8.94. The van der Waals surface area contributed by atoms with Gasteiger partial charge >= 0.3 is 0 Å². The number of hydrogen-bond acceptors (Lipinski definition) is 5. The van der Waals surface area contributed by atoms with Gasteiger partial charge in [-0.05, 0) is 42.5 Å². The average Bonchev–Trinajstić information content (AvgIpc) is 3.23. The van der Waals surface area contributed by atoms with Crippen molar-refractivity contribution in [3.63, 3.8) is 0 Å². The van der Waals surface area contributed by atoms with Gasteiger partial charge in [-0.15, -0.1) is 5.10 Å². The second-order valence-electron chi connectivity index (χ2n) is 8.94. The molecule has 1 aromatic rings. The van der Waals surface area contributed by atoms with Crippen molar-refractivity contribution in [2.24, 2.45) is 0 Å². The Morgan fingerprint density at radius 1 is 0.852 bits per heavy atom. The van der Waals surface area contributed by atoms with E-state index in [-0.39, 0.29) is 0 Å². The second kappa shape index (κ2) is 9.46. The maximum absolute atomic E-state index is 4.54. The predicted molar refractivity (Wildman–Crippen MR) is 108 cm³/mol. The fraction of sp³-hybridized carbons (Fsp3) is 0.952. The number of hydrogen-bond donors (Lipinski definition) is 0. The van der Waals surface area contributed by atoms with Crippen molar-refractivity contribution in [1.29, 1.82) is 0 Å². The summed E-state index contributed by atoms with van der Waals surface area (Å²) in [5.41, 5.74) is 0. The van der Waals surface area contributed by atoms with Crippen LogP contribution >= 0.6 is 0 Å². The zero-order chi connectivity index (χ0) is 18.5. The highest BCUT2D eigenvalue weighted by Crippen LogP contribution is 2.33. The molecular formula is C21H38N6. The van der Waals surface area contributed by atoms with Gasteiger partial charge in [-0.3, -0.25) is 9.80 Å². The van der Waals surface area contributed by atoms with Crippen molar-refractivity contribution in [3.8, 4) is 0 Å². The molecular weight excluding hydrogens is 336 g/mol. The van der Waals surface area contributed by atoms with E-state index in [2.05, 4.69) is 36.9 Å². The Balaban J connectivity index is 1.42. The van der Waals surface area contributed by atoms with Crippen LogP contribution in [0.4, 0.5) is 0 Å². The molecule has 2 saturated carbocycles. The minimum absolute atomic E-state index is 0.389. The van der Waals surface area contributed by atoms with E-state index in [9.17, 15) is 0 Å². The third-order valence-electron chi connectivity index (χ3n) is 7.18. The highest BCUT2D eigenvalue weighted by molar-refractivity contribution is 4.97. The number of nitrogens with zero attached hydrogens (tertiary/aromatic N) is 6. The molecule has 1 saturated heterocycles. The smallest absolute Gasteiger partial charge is 0.168 e. The van der Waals surface area contributed by atoms with Crippen molar-refractivity contribution in [2.75, 3.05) is 26.2 Å². The highest BCUT2D eigenvalue weighted by Gasteiger charge is 2.32. The van der Waals surface area contributed by atoms with E-state index < -0.39 is 0 Å². The molecule has 4 rings (SSSR count). The van der Waals surface area contributed by atoms with Crippen molar-refractivity contribution >= 4 is 0 Å². The topological polar surface area (TPSA) is 50.1 Å². The maximum Gasteiger partial charge on any atom is 0.168 e. The van der Waals surface area contributed by atoms with Crippen LogP contribution in [-0.2, 0) is 0 Å². The van der Waals surface area contributed by atoms with Crippen LogP contribution in [-0.4, -0.2) is 62.2 Å². The number of rotatable bonds is 6. The summed E-state index contributed by atoms with van der Waals surface area (Å²) >= 11 is 0. The van der Waals surface area contributed by atoms with E-state index >= 15 is 0 Å². The van der Waals surface area contributed by atoms with Gasteiger partial charge < -0.3 is 0 Å². The molecule has 6 nitrogen and oxygen atoms in total. The minimum atomic E-state index is 0.389. The van der Waals surface area contributed by atoms with Crippen LogP contribution in [0.15, 0.2) is 0 Å². The van der Waals surface area contributed by atoms with Gasteiger partial charge in [0.2, 0.25) is 0 Å². The molecule has 1 aliphatic heterocycles. The Labute approximate surface area is 164 Å². The van der Waals surface area contributed by atoms with E-state index in [1.807, 2.05) is 0 Å². The summed E-state index contributed by atoms with van der Waals surface area (Å²) in [5, 5.41) is 13.1. The Morgan fingerprint density at radius 3 is 2.11 bits per heavy atom. The van der Waals surface area contributed by atoms with Crippen LogP contribution in [0, 0.1) is 0 Å². The molecule has 2 heterocycles. The van der Waals surface area contributed by atoms with Gasteiger partial charge in [-0.2, -0.15) is 0 Å². The fourth-order valence-corrected chi connectivity index (χ4v) is 5.61. The van der Waals surface area contributed by atoms with E-state index in [1.54, 1.807) is 0 Å². The molecule has 1 atom stereocenters. The molecule has 1 aromatic heterocycles. The Kier molecular flexibility index (Phi) is 6.77. The largest absolute Gasteiger partial charge is 0.298 e. The molecule has 0 aromatic carbocycles. The molecule has 0 bridgehead atoms. The zero-order valence-electron chi connectivity index (χ0n) is 17.2. The molecule has 0 radical (unpaired) electrons. The Hall–Kier alpha value is -1.01. The van der Waals surface area contributed by atoms with Gasteiger partial charge in [-0.1, -0.05) is 51.9 Å². The molecule has 152 valence electrons. The van der Waals surface area contributed by atoms with Gasteiger partial charge in [-0.25, -0.2) is 4.68 Å². The van der Waals surface area contributed by atoms with Crippen molar-refractivity contribution in [3.05, 3.63) is 5.82 Å². The third kappa shape index (κ3) is 4.53. The van der Waals surface area contributed by atoms with E-state index in [0.29, 0.717) is 12.1 Å². The van der Waals surface area contributed by atoms with Crippen molar-refractivity contribution < 1.29 is 0 Å². The van der Waals surface area contributed by atoms with Crippen LogP contribution in [0.1, 0.15) is 102 Å². The molecule has 3 fully saturated rings. The lowest BCUT2D eigenvalue weighted by Crippen LogP contribution is -2.51. The van der Waals surface area contributed by atoms with Crippen molar-refractivity contribution in [2.45, 2.75) is 102 Å². The Bertz CT molecular complexity index is 553. The summed E-state index contributed by atoms with van der Waals surface area (Å²) in [6.07, 6.45) is 16.0. The summed E-state index contributed by atoms with van der Waals surface area (Å²) < 4.78 is 2.20. The first-order valence-electron chi connectivity index (χ1n) is 11.6. The average molecular weight is 375 g/mol. The lowest BCUT2D eigenvalue weighted by Gasteiger charge is -2.43. The number of piperazine rings is 1. The summed E-state index contributed by atoms with van der Waals surface area (Å²) in [7, 11) is 0. The molecule has 27 heavy (non-hydrogen) atoms. The summed E-state index contributed by atoms with van der Waals surface area (Å²) in [4.78, 5) is 5.44. The van der Waals surface area contributed by atoms with Crippen LogP contribution in [0.5, 0.6) is 0 Å². The van der Waals surface area contributed by atoms with Gasteiger partial charge in [0.1, 0.15) is 0 Å². The van der Waals surface area contributed by atoms with E-state index in [1.165, 1.54) is 96.8 Å². The third-order valence-corrected chi connectivity index (χ3v) is 7.18. The summed E-state index contributed by atoms with van der Waals surface area (Å²) in [6.45, 7) is 7.06. The Morgan fingerprint density at radius 2 is 1.48 bits per heavy atom. The van der Waals surface area contributed by atoms with Crippen LogP contribution in [0.3, 0.4) is 0 Å². The van der Waals surface area contributed by atoms with Gasteiger partial charge in [0.25, 0.3) is 0 Å². The van der Waals surface area contributed by atoms with Crippen molar-refractivity contribution in [1.82, 2.24) is 30.0 Å². The minimum Gasteiger partial charge on any atom is -0.298 e. The lowest BCUT2D eigenvalue weighted by atomic mass is 9.93.